The molecule has 0 saturated carbocycles. The summed E-state index contributed by atoms with van der Waals surface area (Å²) in [4.78, 5) is 3.41. The molecule has 1 aliphatic rings. The molecule has 32 heavy (non-hydrogen) atoms. The van der Waals surface area contributed by atoms with E-state index in [2.05, 4.69) is 21.5 Å². The lowest BCUT2D eigenvalue weighted by Crippen LogP contribution is -2.35. The molecule has 8 nitrogen and oxygen atoms in total. The van der Waals surface area contributed by atoms with Crippen LogP contribution in [0.5, 0.6) is 5.75 Å². The second kappa shape index (κ2) is 9.62. The Kier molecular flexibility index (Phi) is 6.85. The van der Waals surface area contributed by atoms with Crippen molar-refractivity contribution in [1.29, 1.82) is 0 Å². The van der Waals surface area contributed by atoms with E-state index < -0.39 is 10.0 Å². The molecule has 3 aromatic rings. The van der Waals surface area contributed by atoms with Crippen LogP contribution in [-0.2, 0) is 27.8 Å². The molecular formula is C22H27N3O5S2. The average Bonchev–Trinajstić information content (AvgIpc) is 3.38. The van der Waals surface area contributed by atoms with Gasteiger partial charge in [-0.25, -0.2) is 8.42 Å². The number of sulfonamides is 1. The van der Waals surface area contributed by atoms with Crippen molar-refractivity contribution in [2.75, 3.05) is 37.7 Å². The van der Waals surface area contributed by atoms with Crippen molar-refractivity contribution in [3.8, 4) is 5.75 Å². The standard InChI is InChI=1S/C22H27N3O5S2/c1-16-22(17(2)30-23-16)32(26,27)25(19-4-6-20(28-3)7-5-19)14-21-12-18(15-31-21)13-24-8-10-29-11-9-24/h4-7,12,15H,8-11,13-14H2,1-3H3. The van der Waals surface area contributed by atoms with Crippen LogP contribution in [0.1, 0.15) is 21.9 Å². The molecule has 1 aromatic carbocycles. The Morgan fingerprint density at radius 2 is 1.91 bits per heavy atom. The van der Waals surface area contributed by atoms with Gasteiger partial charge in [0.05, 0.1) is 32.6 Å². The molecule has 2 aromatic heterocycles. The highest BCUT2D eigenvalue weighted by Gasteiger charge is 2.32. The lowest BCUT2D eigenvalue weighted by Gasteiger charge is -2.26. The van der Waals surface area contributed by atoms with Gasteiger partial charge in [-0.15, -0.1) is 11.3 Å². The van der Waals surface area contributed by atoms with Crippen molar-refractivity contribution in [3.05, 3.63) is 57.6 Å². The van der Waals surface area contributed by atoms with Crippen LogP contribution in [0, 0.1) is 13.8 Å². The molecule has 0 bridgehead atoms. The van der Waals surface area contributed by atoms with Crippen LogP contribution in [0.2, 0.25) is 0 Å². The summed E-state index contributed by atoms with van der Waals surface area (Å²) in [5.74, 6) is 0.938. The summed E-state index contributed by atoms with van der Waals surface area (Å²) in [5.41, 5.74) is 2.07. The first-order valence-electron chi connectivity index (χ1n) is 10.3. The van der Waals surface area contributed by atoms with E-state index in [1.54, 1.807) is 56.6 Å². The van der Waals surface area contributed by atoms with Crippen LogP contribution >= 0.6 is 11.3 Å². The predicted molar refractivity (Wildman–Crippen MR) is 123 cm³/mol. The van der Waals surface area contributed by atoms with E-state index in [0.717, 1.165) is 37.7 Å². The van der Waals surface area contributed by atoms with Crippen LogP contribution in [-0.4, -0.2) is 51.9 Å². The summed E-state index contributed by atoms with van der Waals surface area (Å²) in [7, 11) is -2.31. The third kappa shape index (κ3) is 4.83. The van der Waals surface area contributed by atoms with Gasteiger partial charge in [-0.2, -0.15) is 0 Å². The van der Waals surface area contributed by atoms with Crippen molar-refractivity contribution < 1.29 is 22.4 Å². The largest absolute Gasteiger partial charge is 0.497 e. The first-order chi connectivity index (χ1) is 15.4. The Hall–Kier alpha value is -2.40. The molecule has 0 amide bonds. The Morgan fingerprint density at radius 1 is 1.19 bits per heavy atom. The third-order valence-corrected chi connectivity index (χ3v) is 8.38. The second-order valence-corrected chi connectivity index (χ2v) is 10.5. The summed E-state index contributed by atoms with van der Waals surface area (Å²) in [5, 5.41) is 5.94. The second-order valence-electron chi connectivity index (χ2n) is 7.67. The molecule has 0 radical (unpaired) electrons. The maximum atomic E-state index is 13.7. The van der Waals surface area contributed by atoms with E-state index in [4.69, 9.17) is 14.0 Å². The van der Waals surface area contributed by atoms with Gasteiger partial charge in [0.2, 0.25) is 0 Å². The maximum Gasteiger partial charge on any atom is 0.270 e. The first kappa shape index (κ1) is 22.8. The van der Waals surface area contributed by atoms with Crippen LogP contribution < -0.4 is 9.04 Å². The molecule has 0 N–H and O–H groups in total. The average molecular weight is 478 g/mol. The number of benzene rings is 1. The van der Waals surface area contributed by atoms with Crippen LogP contribution in [0.15, 0.2) is 45.1 Å². The van der Waals surface area contributed by atoms with Gasteiger partial charge in [-0.3, -0.25) is 9.21 Å². The Labute approximate surface area is 192 Å². The number of morpholine rings is 1. The minimum absolute atomic E-state index is 0.110. The fraction of sp³-hybridized carbons (Fsp3) is 0.409. The van der Waals surface area contributed by atoms with Gasteiger partial charge in [0.15, 0.2) is 10.7 Å². The molecule has 10 heteroatoms. The van der Waals surface area contributed by atoms with E-state index in [1.807, 2.05) is 0 Å². The highest BCUT2D eigenvalue weighted by molar-refractivity contribution is 7.92. The highest BCUT2D eigenvalue weighted by Crippen LogP contribution is 2.32. The predicted octanol–water partition coefficient (Wildman–Crippen LogP) is 3.59. The van der Waals surface area contributed by atoms with E-state index in [9.17, 15) is 8.42 Å². The number of rotatable bonds is 8. The molecule has 0 spiro atoms. The zero-order valence-corrected chi connectivity index (χ0v) is 20.0. The zero-order valence-electron chi connectivity index (χ0n) is 18.4. The van der Waals surface area contributed by atoms with Crippen molar-refractivity contribution in [2.24, 2.45) is 0 Å². The lowest BCUT2D eigenvalue weighted by atomic mass is 10.2. The quantitative estimate of drug-likeness (QED) is 0.490. The van der Waals surface area contributed by atoms with E-state index in [-0.39, 0.29) is 17.2 Å². The molecule has 0 unspecified atom stereocenters. The fourth-order valence-corrected chi connectivity index (χ4v) is 6.46. The molecule has 172 valence electrons. The summed E-state index contributed by atoms with van der Waals surface area (Å²) < 4.78 is 44.6. The van der Waals surface area contributed by atoms with E-state index in [1.165, 1.54) is 9.87 Å². The number of aryl methyl sites for hydroxylation is 2. The Morgan fingerprint density at radius 3 is 2.53 bits per heavy atom. The van der Waals surface area contributed by atoms with Gasteiger partial charge in [-0.1, -0.05) is 5.16 Å². The Bertz CT molecular complexity index is 1130. The van der Waals surface area contributed by atoms with Crippen molar-refractivity contribution >= 4 is 27.0 Å². The Balaban J connectivity index is 1.64. The normalized spacial score (nSPS) is 15.1. The summed E-state index contributed by atoms with van der Waals surface area (Å²) in [6.07, 6.45) is 0. The van der Waals surface area contributed by atoms with Gasteiger partial charge in [-0.05, 0) is 55.1 Å². The molecule has 0 atom stereocenters. The number of aromatic nitrogens is 1. The summed E-state index contributed by atoms with van der Waals surface area (Å²) in [6.45, 7) is 7.61. The van der Waals surface area contributed by atoms with Crippen molar-refractivity contribution in [2.45, 2.75) is 31.8 Å². The van der Waals surface area contributed by atoms with Gasteiger partial charge in [0.25, 0.3) is 10.0 Å². The van der Waals surface area contributed by atoms with Crippen molar-refractivity contribution in [3.63, 3.8) is 0 Å². The van der Waals surface area contributed by atoms with Gasteiger partial charge < -0.3 is 14.0 Å². The topological polar surface area (TPSA) is 85.1 Å². The lowest BCUT2D eigenvalue weighted by molar-refractivity contribution is 0.0342. The van der Waals surface area contributed by atoms with Gasteiger partial charge >= 0.3 is 0 Å². The minimum Gasteiger partial charge on any atom is -0.497 e. The number of hydrogen-bond acceptors (Lipinski definition) is 8. The number of ether oxygens (including phenoxy) is 2. The minimum atomic E-state index is -3.89. The number of nitrogens with zero attached hydrogens (tertiary/aromatic N) is 3. The maximum absolute atomic E-state index is 13.7. The van der Waals surface area contributed by atoms with Crippen LogP contribution in [0.4, 0.5) is 5.69 Å². The molecule has 4 rings (SSSR count). The van der Waals surface area contributed by atoms with E-state index >= 15 is 0 Å². The monoisotopic (exact) mass is 477 g/mol. The molecule has 1 fully saturated rings. The first-order valence-corrected chi connectivity index (χ1v) is 12.7. The van der Waals surface area contributed by atoms with E-state index in [0.29, 0.717) is 17.1 Å². The molecular weight excluding hydrogens is 450 g/mol. The van der Waals surface area contributed by atoms with Crippen LogP contribution in [0.25, 0.3) is 0 Å². The molecule has 1 aliphatic heterocycles. The summed E-state index contributed by atoms with van der Waals surface area (Å²) >= 11 is 1.56. The number of anilines is 1. The number of thiophene rings is 1. The third-order valence-electron chi connectivity index (χ3n) is 5.39. The van der Waals surface area contributed by atoms with Crippen LogP contribution in [0.3, 0.4) is 0 Å². The zero-order chi connectivity index (χ0) is 22.7. The smallest absolute Gasteiger partial charge is 0.270 e. The fourth-order valence-electron chi connectivity index (χ4n) is 3.77. The van der Waals surface area contributed by atoms with Gasteiger partial charge in [0.1, 0.15) is 11.4 Å². The molecule has 0 aliphatic carbocycles. The number of methoxy groups -OCH3 is 1. The van der Waals surface area contributed by atoms with Gasteiger partial charge in [0, 0.05) is 24.5 Å². The summed E-state index contributed by atoms with van der Waals surface area (Å²) in [6, 6.07) is 9.08. The highest BCUT2D eigenvalue weighted by atomic mass is 32.2. The number of hydrogen-bond donors (Lipinski definition) is 0. The van der Waals surface area contributed by atoms with Crippen molar-refractivity contribution in [1.82, 2.24) is 10.1 Å². The molecule has 1 saturated heterocycles. The SMILES string of the molecule is COc1ccc(N(Cc2cc(CN3CCOCC3)cs2)S(=O)(=O)c2c(C)noc2C)cc1. The molecule has 3 heterocycles.